The van der Waals surface area contributed by atoms with E-state index < -0.39 is 0 Å². The fourth-order valence-electron chi connectivity index (χ4n) is 2.99. The van der Waals surface area contributed by atoms with Crippen molar-refractivity contribution in [2.75, 3.05) is 26.2 Å². The van der Waals surface area contributed by atoms with Crippen LogP contribution >= 0.6 is 23.2 Å². The van der Waals surface area contributed by atoms with Crippen LogP contribution in [0, 0.1) is 6.92 Å². The molecule has 7 heteroatoms. The van der Waals surface area contributed by atoms with Crippen LogP contribution in [0.2, 0.25) is 10.0 Å². The second-order valence-corrected chi connectivity index (χ2v) is 6.87. The number of piperazine rings is 1. The van der Waals surface area contributed by atoms with Gasteiger partial charge in [-0.2, -0.15) is 5.10 Å². The van der Waals surface area contributed by atoms with Crippen molar-refractivity contribution >= 4 is 29.1 Å². The van der Waals surface area contributed by atoms with E-state index in [-0.39, 0.29) is 5.91 Å². The van der Waals surface area contributed by atoms with E-state index in [1.807, 2.05) is 23.6 Å². The van der Waals surface area contributed by atoms with Crippen LogP contribution in [-0.2, 0) is 13.6 Å². The Morgan fingerprint density at radius 2 is 1.92 bits per heavy atom. The quantitative estimate of drug-likeness (QED) is 0.838. The molecule has 5 nitrogen and oxygen atoms in total. The number of halogens is 2. The van der Waals surface area contributed by atoms with Crippen LogP contribution in [0.1, 0.15) is 21.6 Å². The Balaban J connectivity index is 1.61. The highest BCUT2D eigenvalue weighted by atomic mass is 35.5. The first-order valence-corrected chi connectivity index (χ1v) is 8.66. The monoisotopic (exact) mass is 366 g/mol. The third kappa shape index (κ3) is 3.58. The van der Waals surface area contributed by atoms with Crippen molar-refractivity contribution in [1.82, 2.24) is 19.6 Å². The minimum atomic E-state index is -0.0558. The highest BCUT2D eigenvalue weighted by Gasteiger charge is 2.24. The molecule has 1 aromatic carbocycles. The normalized spacial score (nSPS) is 15.8. The topological polar surface area (TPSA) is 41.4 Å². The lowest BCUT2D eigenvalue weighted by atomic mass is 10.1. The number of carbonyl (C=O) groups is 1. The van der Waals surface area contributed by atoms with Crippen molar-refractivity contribution in [3.8, 4) is 0 Å². The molecule has 0 spiro atoms. The zero-order chi connectivity index (χ0) is 17.3. The third-order valence-corrected chi connectivity index (χ3v) is 5.17. The Bertz CT molecular complexity index is 751. The number of amides is 1. The van der Waals surface area contributed by atoms with E-state index in [9.17, 15) is 4.79 Å². The summed E-state index contributed by atoms with van der Waals surface area (Å²) >= 11 is 12.2. The molecule has 0 bridgehead atoms. The van der Waals surface area contributed by atoms with Gasteiger partial charge in [-0.1, -0.05) is 29.3 Å². The predicted octanol–water partition coefficient (Wildman–Crippen LogP) is 2.99. The van der Waals surface area contributed by atoms with Crippen LogP contribution in [-0.4, -0.2) is 51.7 Å². The molecule has 0 unspecified atom stereocenters. The molecule has 0 aliphatic carbocycles. The maximum Gasteiger partial charge on any atom is 0.255 e. The SMILES string of the molecule is Cc1nn(C)cc1CN1CCN(C(=O)c2cccc(Cl)c2Cl)CC1. The van der Waals surface area contributed by atoms with E-state index in [4.69, 9.17) is 23.2 Å². The predicted molar refractivity (Wildman–Crippen MR) is 95.6 cm³/mol. The van der Waals surface area contributed by atoms with E-state index in [1.54, 1.807) is 18.2 Å². The number of nitrogens with zero attached hydrogens (tertiary/aromatic N) is 4. The fourth-order valence-corrected chi connectivity index (χ4v) is 3.37. The third-order valence-electron chi connectivity index (χ3n) is 4.35. The van der Waals surface area contributed by atoms with Gasteiger partial charge in [-0.05, 0) is 19.1 Å². The molecule has 1 fully saturated rings. The molecule has 1 saturated heterocycles. The Kier molecular flexibility index (Phi) is 5.13. The molecule has 128 valence electrons. The standard InChI is InChI=1S/C17H20Cl2N4O/c1-12-13(10-21(2)20-12)11-22-6-8-23(9-7-22)17(24)14-4-3-5-15(18)16(14)19/h3-5,10H,6-9,11H2,1-2H3. The van der Waals surface area contributed by atoms with Gasteiger partial charge in [0.15, 0.2) is 0 Å². The van der Waals surface area contributed by atoms with E-state index in [1.165, 1.54) is 5.56 Å². The number of hydrogen-bond donors (Lipinski definition) is 0. The lowest BCUT2D eigenvalue weighted by Gasteiger charge is -2.34. The molecule has 2 aromatic rings. The average molecular weight is 367 g/mol. The van der Waals surface area contributed by atoms with E-state index in [0.29, 0.717) is 28.7 Å². The summed E-state index contributed by atoms with van der Waals surface area (Å²) in [4.78, 5) is 16.8. The molecular weight excluding hydrogens is 347 g/mol. The number of carbonyl (C=O) groups excluding carboxylic acids is 1. The van der Waals surface area contributed by atoms with Crippen molar-refractivity contribution < 1.29 is 4.79 Å². The summed E-state index contributed by atoms with van der Waals surface area (Å²) in [6.45, 7) is 5.91. The summed E-state index contributed by atoms with van der Waals surface area (Å²) < 4.78 is 1.84. The van der Waals surface area contributed by atoms with Gasteiger partial charge in [-0.15, -0.1) is 0 Å². The second-order valence-electron chi connectivity index (χ2n) is 6.08. The highest BCUT2D eigenvalue weighted by molar-refractivity contribution is 6.43. The smallest absolute Gasteiger partial charge is 0.255 e. The molecule has 0 saturated carbocycles. The molecule has 3 rings (SSSR count). The zero-order valence-electron chi connectivity index (χ0n) is 13.8. The maximum atomic E-state index is 12.6. The van der Waals surface area contributed by atoms with Crippen molar-refractivity contribution in [3.63, 3.8) is 0 Å². The molecular formula is C17H20Cl2N4O. The molecule has 1 aromatic heterocycles. The second kappa shape index (κ2) is 7.13. The van der Waals surface area contributed by atoms with Crippen LogP contribution in [0.5, 0.6) is 0 Å². The van der Waals surface area contributed by atoms with E-state index in [2.05, 4.69) is 16.2 Å². The van der Waals surface area contributed by atoms with Gasteiger partial charge in [0.2, 0.25) is 0 Å². The van der Waals surface area contributed by atoms with Crippen molar-refractivity contribution in [3.05, 3.63) is 51.3 Å². The lowest BCUT2D eigenvalue weighted by molar-refractivity contribution is 0.0628. The first-order chi connectivity index (χ1) is 11.5. The van der Waals surface area contributed by atoms with Gasteiger partial charge in [0.25, 0.3) is 5.91 Å². The molecule has 1 amide bonds. The summed E-state index contributed by atoms with van der Waals surface area (Å²) in [6, 6.07) is 5.17. The Morgan fingerprint density at radius 3 is 2.54 bits per heavy atom. The number of aryl methyl sites for hydroxylation is 2. The van der Waals surface area contributed by atoms with Crippen LogP contribution < -0.4 is 0 Å². The summed E-state index contributed by atoms with van der Waals surface area (Å²) in [6.07, 6.45) is 2.05. The van der Waals surface area contributed by atoms with Gasteiger partial charge >= 0.3 is 0 Å². The summed E-state index contributed by atoms with van der Waals surface area (Å²) in [5.41, 5.74) is 2.76. The average Bonchev–Trinajstić information content (AvgIpc) is 2.87. The summed E-state index contributed by atoms with van der Waals surface area (Å²) in [7, 11) is 1.93. The van der Waals surface area contributed by atoms with Gasteiger partial charge in [0.1, 0.15) is 0 Å². The van der Waals surface area contributed by atoms with Crippen molar-refractivity contribution in [2.45, 2.75) is 13.5 Å². The molecule has 0 atom stereocenters. The molecule has 0 radical (unpaired) electrons. The van der Waals surface area contributed by atoms with Crippen molar-refractivity contribution in [1.29, 1.82) is 0 Å². The molecule has 1 aliphatic heterocycles. The zero-order valence-corrected chi connectivity index (χ0v) is 15.3. The van der Waals surface area contributed by atoms with Crippen LogP contribution in [0.3, 0.4) is 0 Å². The Labute approximate surface area is 151 Å². The number of hydrogen-bond acceptors (Lipinski definition) is 3. The first kappa shape index (κ1) is 17.3. The van der Waals surface area contributed by atoms with Crippen LogP contribution in [0.4, 0.5) is 0 Å². The number of aromatic nitrogens is 2. The molecule has 2 heterocycles. The first-order valence-electron chi connectivity index (χ1n) is 7.90. The van der Waals surface area contributed by atoms with Gasteiger partial charge in [-0.3, -0.25) is 14.4 Å². The van der Waals surface area contributed by atoms with Gasteiger partial charge in [0.05, 0.1) is 21.3 Å². The molecule has 0 N–H and O–H groups in total. The van der Waals surface area contributed by atoms with E-state index >= 15 is 0 Å². The van der Waals surface area contributed by atoms with Gasteiger partial charge in [-0.25, -0.2) is 0 Å². The van der Waals surface area contributed by atoms with Gasteiger partial charge in [0, 0.05) is 51.5 Å². The van der Waals surface area contributed by atoms with Crippen LogP contribution in [0.15, 0.2) is 24.4 Å². The summed E-state index contributed by atoms with van der Waals surface area (Å²) in [5, 5.41) is 5.12. The minimum Gasteiger partial charge on any atom is -0.336 e. The highest BCUT2D eigenvalue weighted by Crippen LogP contribution is 2.27. The summed E-state index contributed by atoms with van der Waals surface area (Å²) in [5.74, 6) is -0.0558. The van der Waals surface area contributed by atoms with Gasteiger partial charge < -0.3 is 4.90 Å². The Morgan fingerprint density at radius 1 is 1.21 bits per heavy atom. The largest absolute Gasteiger partial charge is 0.336 e. The molecule has 1 aliphatic rings. The lowest BCUT2D eigenvalue weighted by Crippen LogP contribution is -2.48. The Hall–Kier alpha value is -1.56. The number of rotatable bonds is 3. The minimum absolute atomic E-state index is 0.0558. The number of benzene rings is 1. The molecule has 24 heavy (non-hydrogen) atoms. The maximum absolute atomic E-state index is 12.6. The fraction of sp³-hybridized carbons (Fsp3) is 0.412. The van der Waals surface area contributed by atoms with Crippen molar-refractivity contribution in [2.24, 2.45) is 7.05 Å². The van der Waals surface area contributed by atoms with Crippen LogP contribution in [0.25, 0.3) is 0 Å². The van der Waals surface area contributed by atoms with E-state index in [0.717, 1.165) is 25.3 Å².